The van der Waals surface area contributed by atoms with Gasteiger partial charge in [0, 0.05) is 42.5 Å². The molecular formula is C14H15BrN4. The molecule has 19 heavy (non-hydrogen) atoms. The van der Waals surface area contributed by atoms with Crippen LogP contribution in [0.2, 0.25) is 0 Å². The molecule has 0 aliphatic carbocycles. The maximum absolute atomic E-state index is 4.57. The predicted molar refractivity (Wildman–Crippen MR) is 79.3 cm³/mol. The fourth-order valence-corrected chi connectivity index (χ4v) is 3.69. The first kappa shape index (κ1) is 11.6. The number of hydrogen-bond acceptors (Lipinski definition) is 4. The third-order valence-electron chi connectivity index (χ3n) is 4.28. The summed E-state index contributed by atoms with van der Waals surface area (Å²) in [5.74, 6) is 0.790. The minimum Gasteiger partial charge on any atom is -0.365 e. The van der Waals surface area contributed by atoms with E-state index in [-0.39, 0.29) is 0 Å². The lowest BCUT2D eigenvalue weighted by molar-refractivity contribution is 0.579. The number of pyridine rings is 2. The summed E-state index contributed by atoms with van der Waals surface area (Å²) in [5.41, 5.74) is 3.20. The van der Waals surface area contributed by atoms with Crippen molar-refractivity contribution in [1.29, 1.82) is 0 Å². The number of hydrogen-bond donors (Lipinski definition) is 1. The van der Waals surface area contributed by atoms with Crippen molar-refractivity contribution < 1.29 is 0 Å². The fourth-order valence-electron chi connectivity index (χ4n) is 3.37. The molecule has 0 aromatic carbocycles. The topological polar surface area (TPSA) is 41.1 Å². The van der Waals surface area contributed by atoms with E-state index in [1.807, 2.05) is 18.5 Å². The van der Waals surface area contributed by atoms with Crippen LogP contribution < -0.4 is 10.2 Å². The summed E-state index contributed by atoms with van der Waals surface area (Å²) < 4.78 is 0.978. The van der Waals surface area contributed by atoms with Crippen molar-refractivity contribution in [1.82, 2.24) is 15.3 Å². The van der Waals surface area contributed by atoms with Crippen molar-refractivity contribution in [3.63, 3.8) is 0 Å². The zero-order valence-electron chi connectivity index (χ0n) is 10.5. The molecule has 2 aliphatic heterocycles. The molecule has 1 N–H and O–H groups in total. The second kappa shape index (κ2) is 4.42. The number of anilines is 1. The van der Waals surface area contributed by atoms with Gasteiger partial charge in [-0.25, -0.2) is 0 Å². The standard InChI is InChI=1S/C14H15BrN4/c15-10-5-11-14(18-7-10)12(1-3-17-11)19-4-2-9-6-16-8-13(9)19/h1,3,5,7,9,13,16H,2,4,6,8H2/t9-,13+/m0/s1. The summed E-state index contributed by atoms with van der Waals surface area (Å²) in [7, 11) is 0. The summed E-state index contributed by atoms with van der Waals surface area (Å²) in [6, 6.07) is 4.76. The van der Waals surface area contributed by atoms with Gasteiger partial charge in [0.1, 0.15) is 5.52 Å². The molecule has 0 unspecified atom stereocenters. The summed E-state index contributed by atoms with van der Waals surface area (Å²) in [4.78, 5) is 11.5. The van der Waals surface area contributed by atoms with E-state index in [1.165, 1.54) is 12.1 Å². The molecule has 2 aromatic heterocycles. The number of aromatic nitrogens is 2. The summed E-state index contributed by atoms with van der Waals surface area (Å²) in [5, 5.41) is 3.50. The lowest BCUT2D eigenvalue weighted by atomic mass is 10.0. The van der Waals surface area contributed by atoms with Crippen molar-refractivity contribution >= 4 is 32.7 Å². The Morgan fingerprint density at radius 3 is 3.21 bits per heavy atom. The molecule has 4 rings (SSSR count). The number of fused-ring (bicyclic) bond motifs is 2. The van der Waals surface area contributed by atoms with Crippen molar-refractivity contribution in [2.75, 3.05) is 24.5 Å². The quantitative estimate of drug-likeness (QED) is 0.875. The molecule has 2 fully saturated rings. The van der Waals surface area contributed by atoms with Gasteiger partial charge in [0.2, 0.25) is 0 Å². The molecule has 4 heterocycles. The lowest BCUT2D eigenvalue weighted by Crippen LogP contribution is -2.34. The zero-order valence-corrected chi connectivity index (χ0v) is 12.1. The second-order valence-electron chi connectivity index (χ2n) is 5.32. The highest BCUT2D eigenvalue weighted by Gasteiger charge is 2.38. The first-order valence-electron chi connectivity index (χ1n) is 6.70. The van der Waals surface area contributed by atoms with Crippen LogP contribution in [0.5, 0.6) is 0 Å². The second-order valence-corrected chi connectivity index (χ2v) is 6.23. The van der Waals surface area contributed by atoms with Gasteiger partial charge in [-0.15, -0.1) is 0 Å². The Morgan fingerprint density at radius 2 is 2.26 bits per heavy atom. The molecule has 4 nitrogen and oxygen atoms in total. The Hall–Kier alpha value is -1.20. The number of halogens is 1. The van der Waals surface area contributed by atoms with Crippen LogP contribution in [0.1, 0.15) is 6.42 Å². The maximum Gasteiger partial charge on any atom is 0.112 e. The smallest absolute Gasteiger partial charge is 0.112 e. The number of nitrogens with one attached hydrogen (secondary N) is 1. The summed E-state index contributed by atoms with van der Waals surface area (Å²) in [6.07, 6.45) is 5.02. The maximum atomic E-state index is 4.57. The molecule has 2 atom stereocenters. The van der Waals surface area contributed by atoms with Crippen molar-refractivity contribution in [2.45, 2.75) is 12.5 Å². The van der Waals surface area contributed by atoms with Gasteiger partial charge < -0.3 is 10.2 Å². The summed E-state index contributed by atoms with van der Waals surface area (Å²) >= 11 is 3.46. The molecule has 0 spiro atoms. The van der Waals surface area contributed by atoms with E-state index < -0.39 is 0 Å². The Balaban J connectivity index is 1.82. The van der Waals surface area contributed by atoms with Gasteiger partial charge in [-0.1, -0.05) is 0 Å². The Bertz CT molecular complexity index is 630. The van der Waals surface area contributed by atoms with E-state index in [4.69, 9.17) is 0 Å². The van der Waals surface area contributed by atoms with Gasteiger partial charge in [0.25, 0.3) is 0 Å². The highest BCUT2D eigenvalue weighted by atomic mass is 79.9. The summed E-state index contributed by atoms with van der Waals surface area (Å²) in [6.45, 7) is 3.38. The van der Waals surface area contributed by atoms with Crippen LogP contribution in [-0.2, 0) is 0 Å². The largest absolute Gasteiger partial charge is 0.365 e. The van der Waals surface area contributed by atoms with Gasteiger partial charge in [0.05, 0.1) is 11.2 Å². The number of nitrogens with zero attached hydrogens (tertiary/aromatic N) is 3. The Kier molecular flexibility index (Phi) is 2.70. The van der Waals surface area contributed by atoms with Gasteiger partial charge in [-0.3, -0.25) is 9.97 Å². The predicted octanol–water partition coefficient (Wildman–Crippen LogP) is 2.19. The van der Waals surface area contributed by atoms with E-state index >= 15 is 0 Å². The van der Waals surface area contributed by atoms with Crippen LogP contribution in [0, 0.1) is 5.92 Å². The van der Waals surface area contributed by atoms with Crippen molar-refractivity contribution in [2.24, 2.45) is 5.92 Å². The average molecular weight is 319 g/mol. The van der Waals surface area contributed by atoms with E-state index in [0.717, 1.165) is 41.1 Å². The molecule has 0 bridgehead atoms. The number of rotatable bonds is 1. The van der Waals surface area contributed by atoms with Gasteiger partial charge in [0.15, 0.2) is 0 Å². The molecule has 0 saturated carbocycles. The van der Waals surface area contributed by atoms with Crippen LogP contribution in [0.3, 0.4) is 0 Å². The first-order valence-corrected chi connectivity index (χ1v) is 7.50. The van der Waals surface area contributed by atoms with Gasteiger partial charge >= 0.3 is 0 Å². The van der Waals surface area contributed by atoms with E-state index in [1.54, 1.807) is 0 Å². The Morgan fingerprint density at radius 1 is 1.32 bits per heavy atom. The van der Waals surface area contributed by atoms with Gasteiger partial charge in [-0.2, -0.15) is 0 Å². The fraction of sp³-hybridized carbons (Fsp3) is 0.429. The third-order valence-corrected chi connectivity index (χ3v) is 4.71. The molecular weight excluding hydrogens is 304 g/mol. The van der Waals surface area contributed by atoms with Crippen LogP contribution >= 0.6 is 15.9 Å². The van der Waals surface area contributed by atoms with E-state index in [2.05, 4.69) is 42.2 Å². The highest BCUT2D eigenvalue weighted by Crippen LogP contribution is 2.35. The molecule has 5 heteroatoms. The van der Waals surface area contributed by atoms with Crippen LogP contribution in [0.25, 0.3) is 11.0 Å². The van der Waals surface area contributed by atoms with Crippen LogP contribution in [-0.4, -0.2) is 35.6 Å². The average Bonchev–Trinajstić information content (AvgIpc) is 3.00. The Labute approximate surface area is 120 Å². The lowest BCUT2D eigenvalue weighted by Gasteiger charge is -2.26. The van der Waals surface area contributed by atoms with Gasteiger partial charge in [-0.05, 0) is 40.4 Å². The van der Waals surface area contributed by atoms with Crippen LogP contribution in [0.15, 0.2) is 29.0 Å². The molecule has 0 radical (unpaired) electrons. The third kappa shape index (κ3) is 1.83. The monoisotopic (exact) mass is 318 g/mol. The SMILES string of the molecule is Brc1cnc2c(N3CC[C@H]4CNC[C@H]43)ccnc2c1. The molecule has 2 aliphatic rings. The van der Waals surface area contributed by atoms with Crippen molar-refractivity contribution in [3.05, 3.63) is 29.0 Å². The van der Waals surface area contributed by atoms with E-state index in [0.29, 0.717) is 6.04 Å². The minimum absolute atomic E-state index is 0.621. The molecule has 0 amide bonds. The zero-order chi connectivity index (χ0) is 12.8. The molecule has 2 saturated heterocycles. The molecule has 98 valence electrons. The first-order chi connectivity index (χ1) is 9.33. The molecule has 2 aromatic rings. The van der Waals surface area contributed by atoms with E-state index in [9.17, 15) is 0 Å². The van der Waals surface area contributed by atoms with Crippen molar-refractivity contribution in [3.8, 4) is 0 Å². The highest BCUT2D eigenvalue weighted by molar-refractivity contribution is 9.10. The normalized spacial score (nSPS) is 26.1. The van der Waals surface area contributed by atoms with Crippen LogP contribution in [0.4, 0.5) is 5.69 Å². The minimum atomic E-state index is 0.621.